The van der Waals surface area contributed by atoms with Gasteiger partial charge in [0.25, 0.3) is 5.69 Å². The van der Waals surface area contributed by atoms with E-state index in [4.69, 9.17) is 4.74 Å². The lowest BCUT2D eigenvalue weighted by molar-refractivity contribution is -0.385. The molecule has 0 aromatic heterocycles. The Kier molecular flexibility index (Phi) is 6.32. The van der Waals surface area contributed by atoms with Crippen LogP contribution in [0.4, 0.5) is 5.69 Å². The molecule has 1 aromatic rings. The number of nitrogens with zero attached hydrogens (tertiary/aromatic N) is 1. The predicted octanol–water partition coefficient (Wildman–Crippen LogP) is 1.50. The van der Waals surface area contributed by atoms with E-state index < -0.39 is 26.6 Å². The molecule has 144 valence electrons. The van der Waals surface area contributed by atoms with E-state index in [1.165, 1.54) is 6.92 Å². The van der Waals surface area contributed by atoms with Crippen LogP contribution in [-0.2, 0) is 14.8 Å². The fraction of sp³-hybridized carbons (Fsp3) is 0.562. The van der Waals surface area contributed by atoms with E-state index in [9.17, 15) is 23.3 Å². The van der Waals surface area contributed by atoms with Crippen molar-refractivity contribution in [3.05, 3.63) is 33.4 Å². The van der Waals surface area contributed by atoms with Crippen LogP contribution in [0.2, 0.25) is 0 Å². The number of ether oxygens (including phenoxy) is 1. The summed E-state index contributed by atoms with van der Waals surface area (Å²) in [5.74, 6) is -0.791. The van der Waals surface area contributed by atoms with Gasteiger partial charge in [-0.3, -0.25) is 10.1 Å². The number of nitro benzene ring substituents is 1. The minimum atomic E-state index is -4.02. The van der Waals surface area contributed by atoms with Gasteiger partial charge in [0.2, 0.25) is 10.0 Å². The van der Waals surface area contributed by atoms with E-state index in [1.807, 2.05) is 6.92 Å². The molecule has 26 heavy (non-hydrogen) atoms. The summed E-state index contributed by atoms with van der Waals surface area (Å²) in [6.45, 7) is 5.70. The first kappa shape index (κ1) is 20.3. The molecule has 0 radical (unpaired) electrons. The number of hydrogen-bond donors (Lipinski definition) is 2. The number of nitro groups is 1. The second kappa shape index (κ2) is 8.11. The molecule has 0 saturated carbocycles. The predicted molar refractivity (Wildman–Crippen MR) is 94.6 cm³/mol. The summed E-state index contributed by atoms with van der Waals surface area (Å²) in [4.78, 5) is 22.4. The third kappa shape index (κ3) is 4.57. The van der Waals surface area contributed by atoms with Gasteiger partial charge in [-0.05, 0) is 46.2 Å². The molecule has 2 atom stereocenters. The van der Waals surface area contributed by atoms with Crippen LogP contribution >= 0.6 is 0 Å². The summed E-state index contributed by atoms with van der Waals surface area (Å²) in [5.41, 5.74) is -0.488. The molecule has 9 nitrogen and oxygen atoms in total. The van der Waals surface area contributed by atoms with Crippen LogP contribution in [0, 0.1) is 17.0 Å². The van der Waals surface area contributed by atoms with Crippen molar-refractivity contribution in [3.63, 3.8) is 0 Å². The monoisotopic (exact) mass is 385 g/mol. The zero-order valence-electron chi connectivity index (χ0n) is 14.9. The van der Waals surface area contributed by atoms with Gasteiger partial charge in [0.1, 0.15) is 0 Å². The zero-order valence-corrected chi connectivity index (χ0v) is 15.8. The Hall–Kier alpha value is -2.04. The largest absolute Gasteiger partial charge is 0.462 e. The quantitative estimate of drug-likeness (QED) is 0.431. The molecule has 2 N–H and O–H groups in total. The van der Waals surface area contributed by atoms with Crippen LogP contribution in [0.1, 0.15) is 42.6 Å². The maximum absolute atomic E-state index is 12.7. The summed E-state index contributed by atoms with van der Waals surface area (Å²) in [6.07, 6.45) is 1.22. The maximum Gasteiger partial charge on any atom is 0.338 e. The number of carbonyl (C=O) groups is 1. The first-order valence-corrected chi connectivity index (χ1v) is 9.86. The Labute approximate surface area is 152 Å². The van der Waals surface area contributed by atoms with Gasteiger partial charge in [-0.15, -0.1) is 0 Å². The lowest BCUT2D eigenvalue weighted by Crippen LogP contribution is -2.46. The van der Waals surface area contributed by atoms with E-state index >= 15 is 0 Å². The number of sulfonamides is 1. The third-order valence-electron chi connectivity index (χ3n) is 4.30. The maximum atomic E-state index is 12.7. The van der Waals surface area contributed by atoms with Crippen LogP contribution in [-0.4, -0.2) is 44.5 Å². The lowest BCUT2D eigenvalue weighted by atomic mass is 10.0. The van der Waals surface area contributed by atoms with Crippen LogP contribution in [0.25, 0.3) is 0 Å². The SMILES string of the molecule is CCOC(=O)c1cc(S(=O)(=O)NC2CCNC(C)C2)cc([N+](=O)[O-])c1C. The molecule has 0 aliphatic carbocycles. The molecule has 0 spiro atoms. The zero-order chi connectivity index (χ0) is 19.5. The summed E-state index contributed by atoms with van der Waals surface area (Å²) in [6, 6.07) is 2.00. The standard InChI is InChI=1S/C16H23N3O6S/c1-4-25-16(20)14-8-13(9-15(11(14)3)19(21)22)26(23,24)18-12-5-6-17-10(2)7-12/h8-10,12,17-18H,4-7H2,1-3H3. The number of esters is 1. The highest BCUT2D eigenvalue weighted by molar-refractivity contribution is 7.89. The van der Waals surface area contributed by atoms with Crippen molar-refractivity contribution in [3.8, 4) is 0 Å². The van der Waals surface area contributed by atoms with Crippen molar-refractivity contribution < 1.29 is 22.9 Å². The molecule has 1 fully saturated rings. The second-order valence-electron chi connectivity index (χ2n) is 6.29. The smallest absolute Gasteiger partial charge is 0.338 e. The van der Waals surface area contributed by atoms with E-state index in [2.05, 4.69) is 10.0 Å². The Morgan fingerprint density at radius 3 is 2.73 bits per heavy atom. The fourth-order valence-corrected chi connectivity index (χ4v) is 4.29. The molecule has 0 bridgehead atoms. The van der Waals surface area contributed by atoms with Crippen molar-refractivity contribution >= 4 is 21.7 Å². The van der Waals surface area contributed by atoms with Gasteiger partial charge in [0.15, 0.2) is 0 Å². The van der Waals surface area contributed by atoms with Crippen LogP contribution in [0.15, 0.2) is 17.0 Å². The number of rotatable bonds is 6. The summed E-state index contributed by atoms with van der Waals surface area (Å²) < 4.78 is 32.9. The van der Waals surface area contributed by atoms with Gasteiger partial charge < -0.3 is 10.1 Å². The average molecular weight is 385 g/mol. The lowest BCUT2D eigenvalue weighted by Gasteiger charge is -2.28. The average Bonchev–Trinajstić information content (AvgIpc) is 2.54. The molecule has 1 aliphatic rings. The molecule has 10 heteroatoms. The molecule has 1 heterocycles. The van der Waals surface area contributed by atoms with Crippen molar-refractivity contribution in [2.75, 3.05) is 13.2 Å². The minimum absolute atomic E-state index is 0.0721. The van der Waals surface area contributed by atoms with Crippen LogP contribution in [0.5, 0.6) is 0 Å². The highest BCUT2D eigenvalue weighted by Gasteiger charge is 2.29. The Bertz CT molecular complexity index is 808. The Morgan fingerprint density at radius 1 is 1.46 bits per heavy atom. The van der Waals surface area contributed by atoms with E-state index in [0.29, 0.717) is 19.4 Å². The van der Waals surface area contributed by atoms with Gasteiger partial charge in [0.05, 0.1) is 22.0 Å². The first-order chi connectivity index (χ1) is 12.2. The van der Waals surface area contributed by atoms with Crippen LogP contribution < -0.4 is 10.0 Å². The molecule has 1 aliphatic heterocycles. The molecule has 1 saturated heterocycles. The second-order valence-corrected chi connectivity index (χ2v) is 8.00. The molecule has 1 aromatic carbocycles. The molecular weight excluding hydrogens is 362 g/mol. The van der Waals surface area contributed by atoms with Gasteiger partial charge in [-0.25, -0.2) is 17.9 Å². The normalized spacial score (nSPS) is 20.6. The van der Waals surface area contributed by atoms with Gasteiger partial charge in [0, 0.05) is 23.7 Å². The number of benzene rings is 1. The van der Waals surface area contributed by atoms with E-state index in [1.54, 1.807) is 6.92 Å². The van der Waals surface area contributed by atoms with Crippen molar-refractivity contribution in [2.24, 2.45) is 0 Å². The molecule has 0 amide bonds. The highest BCUT2D eigenvalue weighted by atomic mass is 32.2. The third-order valence-corrected chi connectivity index (χ3v) is 5.80. The van der Waals surface area contributed by atoms with Gasteiger partial charge >= 0.3 is 5.97 Å². The first-order valence-electron chi connectivity index (χ1n) is 8.37. The molecule has 2 unspecified atom stereocenters. The number of nitrogens with one attached hydrogen (secondary N) is 2. The summed E-state index contributed by atoms with van der Waals surface area (Å²) in [5, 5.41) is 14.5. The van der Waals surface area contributed by atoms with Crippen molar-refractivity contribution in [1.29, 1.82) is 0 Å². The van der Waals surface area contributed by atoms with E-state index in [0.717, 1.165) is 12.1 Å². The van der Waals surface area contributed by atoms with E-state index in [-0.39, 0.29) is 34.7 Å². The minimum Gasteiger partial charge on any atom is -0.462 e. The molecular formula is C16H23N3O6S. The molecule has 2 rings (SSSR count). The van der Waals surface area contributed by atoms with Crippen molar-refractivity contribution in [2.45, 2.75) is 50.6 Å². The van der Waals surface area contributed by atoms with Gasteiger partial charge in [-0.1, -0.05) is 0 Å². The topological polar surface area (TPSA) is 128 Å². The number of hydrogen-bond acceptors (Lipinski definition) is 7. The summed E-state index contributed by atoms with van der Waals surface area (Å²) >= 11 is 0. The van der Waals surface area contributed by atoms with Gasteiger partial charge in [-0.2, -0.15) is 0 Å². The number of piperidine rings is 1. The Balaban J connectivity index is 2.43. The summed E-state index contributed by atoms with van der Waals surface area (Å²) in [7, 11) is -4.02. The highest BCUT2D eigenvalue weighted by Crippen LogP contribution is 2.27. The fourth-order valence-electron chi connectivity index (χ4n) is 2.97. The van der Waals surface area contributed by atoms with Crippen molar-refractivity contribution in [1.82, 2.24) is 10.0 Å². The Morgan fingerprint density at radius 2 is 2.15 bits per heavy atom. The van der Waals surface area contributed by atoms with Crippen LogP contribution in [0.3, 0.4) is 0 Å². The number of carbonyl (C=O) groups excluding carboxylic acids is 1.